The van der Waals surface area contributed by atoms with Crippen LogP contribution in [0.1, 0.15) is 38.7 Å². The van der Waals surface area contributed by atoms with E-state index in [0.29, 0.717) is 17.8 Å². The van der Waals surface area contributed by atoms with Crippen LogP contribution in [-0.2, 0) is 0 Å². The Balaban J connectivity index is 1.36. The summed E-state index contributed by atoms with van der Waals surface area (Å²) in [7, 11) is 0. The van der Waals surface area contributed by atoms with Gasteiger partial charge in [-0.1, -0.05) is 61.6 Å². The van der Waals surface area contributed by atoms with E-state index >= 15 is 0 Å². The molecule has 1 aromatic carbocycles. The molecule has 0 saturated heterocycles. The summed E-state index contributed by atoms with van der Waals surface area (Å²) >= 11 is 0. The molecule has 3 aliphatic rings. The second kappa shape index (κ2) is 8.52. The number of nitrogens with zero attached hydrogens (tertiary/aromatic N) is 2. The lowest BCUT2D eigenvalue weighted by Gasteiger charge is -2.15. The molecule has 0 N–H and O–H groups in total. The van der Waals surface area contributed by atoms with Crippen LogP contribution in [0.4, 0.5) is 0 Å². The standard InChI is InChI=1S/C26H28N2/c1-19-14-15-27-24(16-19)11-13-26-25(20(2)18-28-26)12-9-21-8-10-23(17-21)22-6-4-3-5-7-22/h3-8,10-11,13-15,17-19,21,25H,9,12,16H2,1-2H3/b13-11+. The Bertz CT molecular complexity index is 922. The first-order valence-electron chi connectivity index (χ1n) is 10.3. The molecule has 1 aromatic rings. The molecule has 0 fully saturated rings. The SMILES string of the molecule is CC1=CN=C(/C=C/C2=NC=CC(C)C2)C1CCC1C=CC(c2ccccc2)=C1. The number of aliphatic imine (C=N–C) groups is 2. The lowest BCUT2D eigenvalue weighted by molar-refractivity contribution is 0.607. The van der Waals surface area contributed by atoms with E-state index in [0.717, 1.165) is 25.0 Å². The molecule has 3 unspecified atom stereocenters. The van der Waals surface area contributed by atoms with E-state index in [2.05, 4.69) is 90.6 Å². The molecule has 142 valence electrons. The number of benzene rings is 1. The Labute approximate surface area is 168 Å². The van der Waals surface area contributed by atoms with Gasteiger partial charge in [0.05, 0.1) is 0 Å². The molecule has 4 rings (SSSR count). The average Bonchev–Trinajstić information content (AvgIpc) is 3.32. The van der Waals surface area contributed by atoms with Crippen molar-refractivity contribution in [2.45, 2.75) is 33.1 Å². The highest BCUT2D eigenvalue weighted by atomic mass is 14.8. The van der Waals surface area contributed by atoms with Gasteiger partial charge in [-0.25, -0.2) is 0 Å². The van der Waals surface area contributed by atoms with E-state index in [4.69, 9.17) is 0 Å². The maximum Gasteiger partial charge on any atom is 0.0476 e. The predicted molar refractivity (Wildman–Crippen MR) is 120 cm³/mol. The highest BCUT2D eigenvalue weighted by Gasteiger charge is 2.22. The Kier molecular flexibility index (Phi) is 5.66. The minimum atomic E-state index is 0.427. The Morgan fingerprint density at radius 2 is 1.89 bits per heavy atom. The molecular formula is C26H28N2. The summed E-state index contributed by atoms with van der Waals surface area (Å²) < 4.78 is 0. The molecule has 1 aliphatic carbocycles. The van der Waals surface area contributed by atoms with Gasteiger partial charge in [-0.3, -0.25) is 9.98 Å². The smallest absolute Gasteiger partial charge is 0.0476 e. The molecule has 28 heavy (non-hydrogen) atoms. The van der Waals surface area contributed by atoms with Crippen molar-refractivity contribution in [2.24, 2.45) is 27.7 Å². The van der Waals surface area contributed by atoms with Crippen LogP contribution < -0.4 is 0 Å². The van der Waals surface area contributed by atoms with E-state index in [1.54, 1.807) is 0 Å². The van der Waals surface area contributed by atoms with Gasteiger partial charge in [-0.2, -0.15) is 0 Å². The Hall–Kier alpha value is -2.74. The second-order valence-corrected chi connectivity index (χ2v) is 8.04. The first-order valence-corrected chi connectivity index (χ1v) is 10.3. The topological polar surface area (TPSA) is 24.7 Å². The van der Waals surface area contributed by atoms with Crippen LogP contribution in [-0.4, -0.2) is 11.4 Å². The monoisotopic (exact) mass is 368 g/mol. The third-order valence-electron chi connectivity index (χ3n) is 5.77. The fourth-order valence-electron chi connectivity index (χ4n) is 4.08. The fraction of sp³-hybridized carbons (Fsp3) is 0.308. The zero-order valence-electron chi connectivity index (χ0n) is 16.8. The summed E-state index contributed by atoms with van der Waals surface area (Å²) in [6.07, 6.45) is 20.7. The zero-order chi connectivity index (χ0) is 19.3. The van der Waals surface area contributed by atoms with Crippen molar-refractivity contribution in [3.05, 3.63) is 90.3 Å². The highest BCUT2D eigenvalue weighted by molar-refractivity contribution is 6.06. The lowest BCUT2D eigenvalue weighted by Crippen LogP contribution is -2.12. The second-order valence-electron chi connectivity index (χ2n) is 8.04. The first kappa shape index (κ1) is 18.6. The van der Waals surface area contributed by atoms with Crippen LogP contribution in [0.2, 0.25) is 0 Å². The van der Waals surface area contributed by atoms with E-state index in [1.165, 1.54) is 22.4 Å². The molecule has 0 aromatic heterocycles. The third kappa shape index (κ3) is 4.39. The van der Waals surface area contributed by atoms with Crippen molar-refractivity contribution in [3.63, 3.8) is 0 Å². The molecule has 3 atom stereocenters. The van der Waals surface area contributed by atoms with Crippen molar-refractivity contribution in [3.8, 4) is 0 Å². The normalized spacial score (nSPS) is 26.4. The van der Waals surface area contributed by atoms with E-state index in [1.807, 2.05) is 12.4 Å². The molecule has 0 saturated carbocycles. The van der Waals surface area contributed by atoms with Crippen LogP contribution in [0, 0.1) is 17.8 Å². The molecular weight excluding hydrogens is 340 g/mol. The van der Waals surface area contributed by atoms with Gasteiger partial charge in [0.1, 0.15) is 0 Å². The fourth-order valence-corrected chi connectivity index (χ4v) is 4.08. The molecule has 0 amide bonds. The summed E-state index contributed by atoms with van der Waals surface area (Å²) in [5.74, 6) is 1.51. The van der Waals surface area contributed by atoms with Gasteiger partial charge >= 0.3 is 0 Å². The number of rotatable bonds is 6. The van der Waals surface area contributed by atoms with Gasteiger partial charge in [0, 0.05) is 29.7 Å². The summed E-state index contributed by atoms with van der Waals surface area (Å²) in [4.78, 5) is 9.16. The van der Waals surface area contributed by atoms with Crippen molar-refractivity contribution in [1.29, 1.82) is 0 Å². The molecule has 0 radical (unpaired) electrons. The zero-order valence-corrected chi connectivity index (χ0v) is 16.8. The maximum absolute atomic E-state index is 4.67. The van der Waals surface area contributed by atoms with Crippen molar-refractivity contribution in [1.82, 2.24) is 0 Å². The number of allylic oxidation sites excluding steroid dienone is 8. The van der Waals surface area contributed by atoms with Crippen molar-refractivity contribution in [2.75, 3.05) is 0 Å². The minimum absolute atomic E-state index is 0.427. The molecule has 0 spiro atoms. The van der Waals surface area contributed by atoms with Gasteiger partial charge in [0.25, 0.3) is 0 Å². The number of hydrogen-bond donors (Lipinski definition) is 0. The van der Waals surface area contributed by atoms with Crippen LogP contribution in [0.3, 0.4) is 0 Å². The predicted octanol–water partition coefficient (Wildman–Crippen LogP) is 6.56. The summed E-state index contributed by atoms with van der Waals surface area (Å²) in [6, 6.07) is 10.6. The quantitative estimate of drug-likeness (QED) is 0.543. The Morgan fingerprint density at radius 3 is 2.71 bits per heavy atom. The van der Waals surface area contributed by atoms with Gasteiger partial charge in [-0.05, 0) is 66.9 Å². The lowest BCUT2D eigenvalue weighted by atomic mass is 9.88. The highest BCUT2D eigenvalue weighted by Crippen LogP contribution is 2.32. The summed E-state index contributed by atoms with van der Waals surface area (Å²) in [6.45, 7) is 4.43. The minimum Gasteiger partial charge on any atom is -0.262 e. The molecule has 2 nitrogen and oxygen atoms in total. The molecule has 2 heterocycles. The van der Waals surface area contributed by atoms with Crippen LogP contribution in [0.15, 0.2) is 94.7 Å². The molecule has 2 heteroatoms. The van der Waals surface area contributed by atoms with Gasteiger partial charge in [0.2, 0.25) is 0 Å². The van der Waals surface area contributed by atoms with Crippen LogP contribution in [0.25, 0.3) is 5.57 Å². The maximum atomic E-state index is 4.67. The molecule has 0 bridgehead atoms. The molecule has 2 aliphatic heterocycles. The van der Waals surface area contributed by atoms with Gasteiger partial charge in [-0.15, -0.1) is 0 Å². The first-order chi connectivity index (χ1) is 13.7. The number of hydrogen-bond acceptors (Lipinski definition) is 2. The summed E-state index contributed by atoms with van der Waals surface area (Å²) in [5, 5.41) is 0. The van der Waals surface area contributed by atoms with E-state index in [9.17, 15) is 0 Å². The van der Waals surface area contributed by atoms with Crippen molar-refractivity contribution >= 4 is 17.0 Å². The van der Waals surface area contributed by atoms with Gasteiger partial charge in [0.15, 0.2) is 0 Å². The van der Waals surface area contributed by atoms with Crippen LogP contribution >= 0.6 is 0 Å². The van der Waals surface area contributed by atoms with Crippen molar-refractivity contribution < 1.29 is 0 Å². The third-order valence-corrected chi connectivity index (χ3v) is 5.77. The van der Waals surface area contributed by atoms with E-state index in [-0.39, 0.29) is 0 Å². The summed E-state index contributed by atoms with van der Waals surface area (Å²) in [5.41, 5.74) is 6.34. The van der Waals surface area contributed by atoms with E-state index < -0.39 is 0 Å². The van der Waals surface area contributed by atoms with Crippen LogP contribution in [0.5, 0.6) is 0 Å². The largest absolute Gasteiger partial charge is 0.262 e. The Morgan fingerprint density at radius 1 is 1.04 bits per heavy atom. The average molecular weight is 369 g/mol. The van der Waals surface area contributed by atoms with Gasteiger partial charge < -0.3 is 0 Å².